The molecule has 1 aliphatic heterocycles. The molecule has 1 heterocycles. The Morgan fingerprint density at radius 2 is 2.07 bits per heavy atom. The molecule has 0 bridgehead atoms. The molecule has 0 spiro atoms. The molecule has 0 amide bonds. The highest BCUT2D eigenvalue weighted by molar-refractivity contribution is 7.85. The standard InChI is InChI=1S/C9H16O5S/c1-5-7-8(6-12-15(4,10)11)14-9(2,3)13-7/h5,7-8H,1,6H2,2-4H3/t7-,8-/m0/s1. The van der Waals surface area contributed by atoms with Crippen LogP contribution in [0.25, 0.3) is 0 Å². The molecule has 0 aromatic heterocycles. The van der Waals surface area contributed by atoms with Crippen molar-refractivity contribution in [2.75, 3.05) is 12.9 Å². The zero-order chi connectivity index (χ0) is 11.7. The van der Waals surface area contributed by atoms with Crippen LogP contribution >= 0.6 is 0 Å². The number of ether oxygens (including phenoxy) is 2. The maximum atomic E-state index is 10.8. The fraction of sp³-hybridized carbons (Fsp3) is 0.778. The Bertz CT molecular complexity index is 332. The predicted molar refractivity (Wildman–Crippen MR) is 54.8 cm³/mol. The van der Waals surface area contributed by atoms with E-state index in [2.05, 4.69) is 10.8 Å². The van der Waals surface area contributed by atoms with Gasteiger partial charge in [-0.05, 0) is 13.8 Å². The topological polar surface area (TPSA) is 61.8 Å². The molecule has 1 saturated heterocycles. The maximum Gasteiger partial charge on any atom is 0.264 e. The van der Waals surface area contributed by atoms with Crippen LogP contribution in [0.2, 0.25) is 0 Å². The van der Waals surface area contributed by atoms with Gasteiger partial charge in [-0.1, -0.05) is 6.08 Å². The van der Waals surface area contributed by atoms with Gasteiger partial charge in [-0.15, -0.1) is 6.58 Å². The predicted octanol–water partition coefficient (Wildman–Crippen LogP) is 0.669. The highest BCUT2D eigenvalue weighted by atomic mass is 32.2. The van der Waals surface area contributed by atoms with Crippen LogP contribution in [-0.4, -0.2) is 39.3 Å². The van der Waals surface area contributed by atoms with Gasteiger partial charge in [-0.25, -0.2) is 0 Å². The highest BCUT2D eigenvalue weighted by Gasteiger charge is 2.40. The van der Waals surface area contributed by atoms with Gasteiger partial charge in [-0.3, -0.25) is 4.18 Å². The zero-order valence-corrected chi connectivity index (χ0v) is 9.91. The van der Waals surface area contributed by atoms with Crippen LogP contribution in [0.1, 0.15) is 13.8 Å². The van der Waals surface area contributed by atoms with E-state index in [0.29, 0.717) is 0 Å². The van der Waals surface area contributed by atoms with Gasteiger partial charge in [0.2, 0.25) is 0 Å². The summed E-state index contributed by atoms with van der Waals surface area (Å²) in [6.45, 7) is 7.04. The van der Waals surface area contributed by atoms with Crippen molar-refractivity contribution < 1.29 is 22.1 Å². The first-order valence-corrected chi connectivity index (χ1v) is 6.38. The fourth-order valence-electron chi connectivity index (χ4n) is 1.38. The van der Waals surface area contributed by atoms with Gasteiger partial charge in [0.05, 0.1) is 12.9 Å². The Hall–Kier alpha value is -0.430. The first kappa shape index (κ1) is 12.6. The van der Waals surface area contributed by atoms with E-state index in [4.69, 9.17) is 9.47 Å². The Kier molecular flexibility index (Phi) is 3.55. The zero-order valence-electron chi connectivity index (χ0n) is 9.10. The molecule has 1 aliphatic rings. The lowest BCUT2D eigenvalue weighted by atomic mass is 10.2. The Labute approximate surface area is 90.1 Å². The lowest BCUT2D eigenvalue weighted by Crippen LogP contribution is -2.27. The number of hydrogen-bond acceptors (Lipinski definition) is 5. The van der Waals surface area contributed by atoms with Crippen LogP contribution in [0.3, 0.4) is 0 Å². The lowest BCUT2D eigenvalue weighted by Gasteiger charge is -2.16. The van der Waals surface area contributed by atoms with Crippen molar-refractivity contribution in [2.45, 2.75) is 31.8 Å². The SMILES string of the molecule is C=C[C@@H]1OC(C)(C)O[C@H]1COS(C)(=O)=O. The summed E-state index contributed by atoms with van der Waals surface area (Å²) >= 11 is 0. The molecular weight excluding hydrogens is 220 g/mol. The molecule has 88 valence electrons. The largest absolute Gasteiger partial charge is 0.342 e. The number of rotatable bonds is 4. The van der Waals surface area contributed by atoms with E-state index in [-0.39, 0.29) is 12.7 Å². The van der Waals surface area contributed by atoms with Crippen LogP contribution in [0.15, 0.2) is 12.7 Å². The summed E-state index contributed by atoms with van der Waals surface area (Å²) in [5, 5.41) is 0. The van der Waals surface area contributed by atoms with Gasteiger partial charge in [0.1, 0.15) is 12.2 Å². The summed E-state index contributed by atoms with van der Waals surface area (Å²) in [5.74, 6) is -0.732. The van der Waals surface area contributed by atoms with Gasteiger partial charge in [-0.2, -0.15) is 8.42 Å². The van der Waals surface area contributed by atoms with Gasteiger partial charge >= 0.3 is 0 Å². The molecule has 0 radical (unpaired) electrons. The van der Waals surface area contributed by atoms with Gasteiger partial charge < -0.3 is 9.47 Å². The van der Waals surface area contributed by atoms with Crippen LogP contribution in [0.4, 0.5) is 0 Å². The highest BCUT2D eigenvalue weighted by Crippen LogP contribution is 2.28. The molecular formula is C9H16O5S. The third-order valence-corrected chi connectivity index (χ3v) is 2.46. The van der Waals surface area contributed by atoms with E-state index in [1.165, 1.54) is 0 Å². The summed E-state index contributed by atoms with van der Waals surface area (Å²) in [6, 6.07) is 0. The molecule has 0 saturated carbocycles. The average molecular weight is 236 g/mol. The van der Waals surface area contributed by atoms with E-state index < -0.39 is 22.0 Å². The third-order valence-electron chi connectivity index (χ3n) is 1.90. The summed E-state index contributed by atoms with van der Waals surface area (Å²) in [6.07, 6.45) is 1.79. The number of hydrogen-bond donors (Lipinski definition) is 0. The maximum absolute atomic E-state index is 10.8. The second-order valence-corrected chi connectivity index (χ2v) is 5.51. The van der Waals surface area contributed by atoms with Gasteiger partial charge in [0, 0.05) is 0 Å². The fourth-order valence-corrected chi connectivity index (χ4v) is 1.76. The van der Waals surface area contributed by atoms with Crippen molar-refractivity contribution in [1.29, 1.82) is 0 Å². The Morgan fingerprint density at radius 1 is 1.47 bits per heavy atom. The molecule has 0 aromatic rings. The van der Waals surface area contributed by atoms with Gasteiger partial charge in [0.25, 0.3) is 10.1 Å². The summed E-state index contributed by atoms with van der Waals surface area (Å²) < 4.78 is 37.2. The van der Waals surface area contributed by atoms with Gasteiger partial charge in [0.15, 0.2) is 5.79 Å². The normalized spacial score (nSPS) is 30.3. The van der Waals surface area contributed by atoms with Crippen molar-refractivity contribution in [2.24, 2.45) is 0 Å². The first-order valence-electron chi connectivity index (χ1n) is 4.56. The quantitative estimate of drug-likeness (QED) is 0.530. The average Bonchev–Trinajstić information content (AvgIpc) is 2.36. The summed E-state index contributed by atoms with van der Waals surface area (Å²) in [7, 11) is -3.45. The molecule has 15 heavy (non-hydrogen) atoms. The monoisotopic (exact) mass is 236 g/mol. The van der Waals surface area contributed by atoms with Crippen molar-refractivity contribution in [3.8, 4) is 0 Å². The third kappa shape index (κ3) is 3.90. The molecule has 0 N–H and O–H groups in total. The van der Waals surface area contributed by atoms with E-state index in [1.54, 1.807) is 19.9 Å². The van der Waals surface area contributed by atoms with E-state index in [9.17, 15) is 8.42 Å². The second-order valence-electron chi connectivity index (χ2n) is 3.86. The molecule has 0 unspecified atom stereocenters. The molecule has 6 heteroatoms. The molecule has 5 nitrogen and oxygen atoms in total. The molecule has 0 aromatic carbocycles. The minimum absolute atomic E-state index is 0.0566. The van der Waals surface area contributed by atoms with Crippen LogP contribution in [0.5, 0.6) is 0 Å². The Balaban J connectivity index is 2.58. The molecule has 1 fully saturated rings. The molecule has 0 aliphatic carbocycles. The van der Waals surface area contributed by atoms with E-state index in [0.717, 1.165) is 6.26 Å². The smallest absolute Gasteiger partial charge is 0.264 e. The van der Waals surface area contributed by atoms with Crippen LogP contribution in [0, 0.1) is 0 Å². The van der Waals surface area contributed by atoms with Crippen LogP contribution < -0.4 is 0 Å². The van der Waals surface area contributed by atoms with Crippen molar-refractivity contribution in [3.63, 3.8) is 0 Å². The first-order chi connectivity index (χ1) is 6.73. The lowest BCUT2D eigenvalue weighted by molar-refractivity contribution is -0.145. The summed E-state index contributed by atoms with van der Waals surface area (Å²) in [4.78, 5) is 0. The Morgan fingerprint density at radius 3 is 2.53 bits per heavy atom. The van der Waals surface area contributed by atoms with E-state index in [1.807, 2.05) is 0 Å². The summed E-state index contributed by atoms with van der Waals surface area (Å²) in [5.41, 5.74) is 0. The molecule has 2 atom stereocenters. The van der Waals surface area contributed by atoms with Crippen molar-refractivity contribution >= 4 is 10.1 Å². The minimum atomic E-state index is -3.45. The van der Waals surface area contributed by atoms with Crippen molar-refractivity contribution in [1.82, 2.24) is 0 Å². The second kappa shape index (κ2) is 4.21. The van der Waals surface area contributed by atoms with E-state index >= 15 is 0 Å². The van der Waals surface area contributed by atoms with Crippen LogP contribution in [-0.2, 0) is 23.8 Å². The molecule has 1 rings (SSSR count). The minimum Gasteiger partial charge on any atom is -0.342 e. The van der Waals surface area contributed by atoms with Crippen molar-refractivity contribution in [3.05, 3.63) is 12.7 Å².